The summed E-state index contributed by atoms with van der Waals surface area (Å²) in [7, 11) is 0. The first-order valence-electron chi connectivity index (χ1n) is 7.94. The smallest absolute Gasteiger partial charge is 0.340 e. The predicted molar refractivity (Wildman–Crippen MR) is 91.3 cm³/mol. The molecule has 2 heterocycles. The van der Waals surface area contributed by atoms with Crippen LogP contribution in [-0.4, -0.2) is 23.6 Å². The highest BCUT2D eigenvalue weighted by Crippen LogP contribution is 2.31. The van der Waals surface area contributed by atoms with Gasteiger partial charge >= 0.3 is 5.97 Å². The van der Waals surface area contributed by atoms with Gasteiger partial charge < -0.3 is 13.9 Å². The first kappa shape index (κ1) is 15.9. The van der Waals surface area contributed by atoms with Crippen molar-refractivity contribution >= 4 is 22.4 Å². The van der Waals surface area contributed by atoms with Crippen molar-refractivity contribution in [3.63, 3.8) is 0 Å². The molecule has 0 N–H and O–H groups in total. The summed E-state index contributed by atoms with van der Waals surface area (Å²) in [6.07, 6.45) is 0.826. The highest BCUT2D eigenvalue weighted by molar-refractivity contribution is 6.12. The Hall–Kier alpha value is -3.00. The highest BCUT2D eigenvalue weighted by Gasteiger charge is 2.20. The number of esters is 1. The lowest BCUT2D eigenvalue weighted by Crippen LogP contribution is -2.05. The summed E-state index contributed by atoms with van der Waals surface area (Å²) < 4.78 is 12.7. The first-order valence-corrected chi connectivity index (χ1v) is 7.94. The number of aromatic nitrogens is 1. The summed E-state index contributed by atoms with van der Waals surface area (Å²) in [4.78, 5) is 12.5. The molecule has 24 heavy (non-hydrogen) atoms. The Morgan fingerprint density at radius 3 is 2.75 bits per heavy atom. The third-order valence-corrected chi connectivity index (χ3v) is 3.95. The number of carbonyl (C=O) groups excluding carboxylic acids is 1. The van der Waals surface area contributed by atoms with E-state index in [9.17, 15) is 4.79 Å². The van der Waals surface area contributed by atoms with Crippen molar-refractivity contribution in [2.45, 2.75) is 20.3 Å². The zero-order valence-corrected chi connectivity index (χ0v) is 13.7. The average Bonchev–Trinajstić information content (AvgIpc) is 2.94. The lowest BCUT2D eigenvalue weighted by atomic mass is 10.1. The lowest BCUT2D eigenvalue weighted by Gasteiger charge is -2.06. The van der Waals surface area contributed by atoms with E-state index in [4.69, 9.17) is 14.7 Å². The van der Waals surface area contributed by atoms with Crippen LogP contribution in [-0.2, 0) is 11.2 Å². The van der Waals surface area contributed by atoms with Gasteiger partial charge in [-0.15, -0.1) is 0 Å². The van der Waals surface area contributed by atoms with Crippen LogP contribution in [0.2, 0.25) is 0 Å². The fourth-order valence-electron chi connectivity index (χ4n) is 2.98. The van der Waals surface area contributed by atoms with Crippen molar-refractivity contribution in [3.05, 3.63) is 47.7 Å². The van der Waals surface area contributed by atoms with Gasteiger partial charge in [-0.1, -0.05) is 13.0 Å². The maximum absolute atomic E-state index is 12.5. The van der Waals surface area contributed by atoms with E-state index in [2.05, 4.69) is 11.3 Å². The Morgan fingerprint density at radius 2 is 2.04 bits per heavy atom. The standard InChI is InChI=1S/C19H18N2O3/c1-3-13-6-5-7-16-18(19(22)23-4-2)15-9-8-14(24-11-10-20)12-17(15)21(13)16/h5-9,12H,3-4,11H2,1-2H3. The monoisotopic (exact) mass is 322 g/mol. The Morgan fingerprint density at radius 1 is 1.21 bits per heavy atom. The molecule has 0 bridgehead atoms. The number of fused-ring (bicyclic) bond motifs is 3. The van der Waals surface area contributed by atoms with Gasteiger partial charge in [0.1, 0.15) is 11.8 Å². The fourth-order valence-corrected chi connectivity index (χ4v) is 2.98. The number of benzene rings is 1. The van der Waals surface area contributed by atoms with Gasteiger partial charge in [-0.3, -0.25) is 0 Å². The van der Waals surface area contributed by atoms with E-state index >= 15 is 0 Å². The molecule has 0 atom stereocenters. The van der Waals surface area contributed by atoms with E-state index in [-0.39, 0.29) is 12.6 Å². The maximum Gasteiger partial charge on any atom is 0.340 e. The number of nitrogens with zero attached hydrogens (tertiary/aromatic N) is 2. The summed E-state index contributed by atoms with van der Waals surface area (Å²) in [5.41, 5.74) is 3.35. The molecule has 122 valence electrons. The van der Waals surface area contributed by atoms with Crippen LogP contribution in [0.5, 0.6) is 5.75 Å². The topological polar surface area (TPSA) is 63.7 Å². The van der Waals surface area contributed by atoms with E-state index in [1.807, 2.05) is 36.4 Å². The van der Waals surface area contributed by atoms with Gasteiger partial charge in [0.25, 0.3) is 0 Å². The van der Waals surface area contributed by atoms with Crippen LogP contribution in [0.4, 0.5) is 0 Å². The molecule has 0 aliphatic rings. The van der Waals surface area contributed by atoms with E-state index in [1.165, 1.54) is 0 Å². The summed E-state index contributed by atoms with van der Waals surface area (Å²) in [6.45, 7) is 4.18. The fraction of sp³-hybridized carbons (Fsp3) is 0.263. The van der Waals surface area contributed by atoms with Crippen LogP contribution >= 0.6 is 0 Å². The summed E-state index contributed by atoms with van der Waals surface area (Å²) in [5, 5.41) is 9.51. The molecule has 0 aliphatic heterocycles. The largest absolute Gasteiger partial charge is 0.479 e. The van der Waals surface area contributed by atoms with Crippen LogP contribution in [0.25, 0.3) is 16.4 Å². The number of ether oxygens (including phenoxy) is 2. The molecule has 0 spiro atoms. The van der Waals surface area contributed by atoms with Crippen LogP contribution in [0.15, 0.2) is 36.4 Å². The van der Waals surface area contributed by atoms with Crippen molar-refractivity contribution in [3.8, 4) is 11.8 Å². The van der Waals surface area contributed by atoms with E-state index < -0.39 is 0 Å². The molecule has 0 saturated heterocycles. The number of hydrogen-bond donors (Lipinski definition) is 0. The number of carbonyl (C=O) groups is 1. The van der Waals surface area contributed by atoms with Crippen molar-refractivity contribution in [1.82, 2.24) is 4.40 Å². The number of pyridine rings is 1. The van der Waals surface area contributed by atoms with E-state index in [0.717, 1.165) is 28.5 Å². The highest BCUT2D eigenvalue weighted by atomic mass is 16.5. The average molecular weight is 322 g/mol. The van der Waals surface area contributed by atoms with Crippen molar-refractivity contribution < 1.29 is 14.3 Å². The van der Waals surface area contributed by atoms with Crippen LogP contribution in [0.1, 0.15) is 29.9 Å². The zero-order chi connectivity index (χ0) is 17.1. The second kappa shape index (κ2) is 6.63. The minimum atomic E-state index is -0.330. The van der Waals surface area contributed by atoms with Crippen LogP contribution in [0.3, 0.4) is 0 Å². The SMILES string of the molecule is CCOC(=O)c1c2ccc(OCC#N)cc2n2c(CC)cccc12. The molecular formula is C19H18N2O3. The molecule has 0 unspecified atom stereocenters. The van der Waals surface area contributed by atoms with Gasteiger partial charge in [0.2, 0.25) is 0 Å². The van der Waals surface area contributed by atoms with Gasteiger partial charge in [0.15, 0.2) is 6.61 Å². The summed E-state index contributed by atoms with van der Waals surface area (Å²) in [6, 6.07) is 13.3. The Kier molecular flexibility index (Phi) is 4.39. The molecule has 0 amide bonds. The molecule has 5 heteroatoms. The minimum Gasteiger partial charge on any atom is -0.479 e. The second-order valence-corrected chi connectivity index (χ2v) is 5.31. The molecule has 0 radical (unpaired) electrons. The first-order chi connectivity index (χ1) is 11.7. The maximum atomic E-state index is 12.5. The second-order valence-electron chi connectivity index (χ2n) is 5.31. The molecule has 0 saturated carbocycles. The minimum absolute atomic E-state index is 0.0137. The summed E-state index contributed by atoms with van der Waals surface area (Å²) >= 11 is 0. The van der Waals surface area contributed by atoms with Crippen molar-refractivity contribution in [2.24, 2.45) is 0 Å². The molecule has 3 rings (SSSR count). The number of hydrogen-bond acceptors (Lipinski definition) is 4. The summed E-state index contributed by atoms with van der Waals surface area (Å²) in [5.74, 6) is 0.272. The van der Waals surface area contributed by atoms with Crippen molar-refractivity contribution in [2.75, 3.05) is 13.2 Å². The Balaban J connectivity index is 2.33. The predicted octanol–water partition coefficient (Wildman–Crippen LogP) is 3.73. The quantitative estimate of drug-likeness (QED) is 0.671. The van der Waals surface area contributed by atoms with Gasteiger partial charge in [0, 0.05) is 17.1 Å². The van der Waals surface area contributed by atoms with E-state index in [0.29, 0.717) is 17.9 Å². The molecule has 2 aromatic heterocycles. The molecule has 3 aromatic rings. The van der Waals surface area contributed by atoms with Gasteiger partial charge in [0.05, 0.1) is 23.2 Å². The van der Waals surface area contributed by atoms with Gasteiger partial charge in [-0.05, 0) is 37.6 Å². The van der Waals surface area contributed by atoms with Crippen LogP contribution in [0, 0.1) is 11.3 Å². The number of nitriles is 1. The van der Waals surface area contributed by atoms with Crippen molar-refractivity contribution in [1.29, 1.82) is 5.26 Å². The lowest BCUT2D eigenvalue weighted by molar-refractivity contribution is 0.0531. The molecule has 5 nitrogen and oxygen atoms in total. The van der Waals surface area contributed by atoms with E-state index in [1.54, 1.807) is 13.0 Å². The third-order valence-electron chi connectivity index (χ3n) is 3.95. The Labute approximate surface area is 140 Å². The normalized spacial score (nSPS) is 10.7. The molecule has 1 aromatic carbocycles. The van der Waals surface area contributed by atoms with Gasteiger partial charge in [-0.25, -0.2) is 4.79 Å². The molecule has 0 aliphatic carbocycles. The molecule has 0 fully saturated rings. The Bertz CT molecular complexity index is 951. The number of aryl methyl sites for hydroxylation is 1. The zero-order valence-electron chi connectivity index (χ0n) is 13.7. The number of rotatable bonds is 5. The van der Waals surface area contributed by atoms with Crippen LogP contribution < -0.4 is 4.74 Å². The molecular weight excluding hydrogens is 304 g/mol. The van der Waals surface area contributed by atoms with Gasteiger partial charge in [-0.2, -0.15) is 5.26 Å². The third kappa shape index (κ3) is 2.56.